The summed E-state index contributed by atoms with van der Waals surface area (Å²) in [5.41, 5.74) is 5.12. The highest BCUT2D eigenvalue weighted by molar-refractivity contribution is 5.71. The molecule has 2 aliphatic rings. The Bertz CT molecular complexity index is 708. The minimum absolute atomic E-state index is 0.915. The van der Waals surface area contributed by atoms with Gasteiger partial charge in [-0.1, -0.05) is 6.07 Å². The first-order valence-corrected chi connectivity index (χ1v) is 9.04. The fourth-order valence-corrected chi connectivity index (χ4v) is 3.60. The molecule has 0 unspecified atom stereocenters. The number of piperazine rings is 1. The van der Waals surface area contributed by atoms with E-state index in [2.05, 4.69) is 50.8 Å². The molecule has 5 nitrogen and oxygen atoms in total. The van der Waals surface area contributed by atoms with Gasteiger partial charge < -0.3 is 20.3 Å². The van der Waals surface area contributed by atoms with E-state index >= 15 is 0 Å². The van der Waals surface area contributed by atoms with Crippen LogP contribution in [-0.2, 0) is 6.54 Å². The third-order valence-corrected chi connectivity index (χ3v) is 5.06. The summed E-state index contributed by atoms with van der Waals surface area (Å²) in [7, 11) is 1.71. The number of methoxy groups -OCH3 is 1. The van der Waals surface area contributed by atoms with Gasteiger partial charge in [-0.3, -0.25) is 4.90 Å². The minimum Gasteiger partial charge on any atom is -0.497 e. The Balaban J connectivity index is 1.34. The molecule has 0 atom stereocenters. The van der Waals surface area contributed by atoms with E-state index < -0.39 is 0 Å². The summed E-state index contributed by atoms with van der Waals surface area (Å²) in [6, 6.07) is 15.1. The Morgan fingerprint density at radius 3 is 2.32 bits per heavy atom. The van der Waals surface area contributed by atoms with Crippen LogP contribution in [0.1, 0.15) is 5.56 Å². The summed E-state index contributed by atoms with van der Waals surface area (Å²) in [4.78, 5) is 4.99. The molecule has 132 valence electrons. The normalized spacial score (nSPS) is 17.4. The first-order chi connectivity index (χ1) is 12.3. The quantitative estimate of drug-likeness (QED) is 0.897. The molecule has 0 bridgehead atoms. The van der Waals surface area contributed by atoms with Gasteiger partial charge in [-0.05, 0) is 42.0 Å². The molecule has 2 heterocycles. The molecule has 2 N–H and O–H groups in total. The number of rotatable bonds is 4. The van der Waals surface area contributed by atoms with Crippen molar-refractivity contribution < 1.29 is 4.74 Å². The largest absolute Gasteiger partial charge is 0.497 e. The number of nitrogens with one attached hydrogen (secondary N) is 2. The maximum absolute atomic E-state index is 5.24. The van der Waals surface area contributed by atoms with Crippen molar-refractivity contribution in [3.05, 3.63) is 48.0 Å². The number of ether oxygens (including phenoxy) is 1. The fraction of sp³-hybridized carbons (Fsp3) is 0.400. The predicted molar refractivity (Wildman–Crippen MR) is 104 cm³/mol. The van der Waals surface area contributed by atoms with Crippen molar-refractivity contribution in [2.24, 2.45) is 0 Å². The van der Waals surface area contributed by atoms with E-state index in [1.807, 2.05) is 12.1 Å². The molecule has 1 saturated heterocycles. The van der Waals surface area contributed by atoms with Crippen molar-refractivity contribution in [1.29, 1.82) is 0 Å². The van der Waals surface area contributed by atoms with Crippen LogP contribution in [0.25, 0.3) is 0 Å². The van der Waals surface area contributed by atoms with Crippen LogP contribution >= 0.6 is 0 Å². The lowest BCUT2D eigenvalue weighted by Crippen LogP contribution is -2.45. The van der Waals surface area contributed by atoms with E-state index in [0.29, 0.717) is 0 Å². The van der Waals surface area contributed by atoms with Gasteiger partial charge in [0.2, 0.25) is 0 Å². The zero-order chi connectivity index (χ0) is 17.1. The molecule has 1 fully saturated rings. The van der Waals surface area contributed by atoms with E-state index in [9.17, 15) is 0 Å². The molecule has 0 saturated carbocycles. The fourth-order valence-electron chi connectivity index (χ4n) is 3.60. The molecule has 4 rings (SSSR count). The van der Waals surface area contributed by atoms with Gasteiger partial charge in [-0.2, -0.15) is 0 Å². The lowest BCUT2D eigenvalue weighted by Gasteiger charge is -2.36. The highest BCUT2D eigenvalue weighted by Crippen LogP contribution is 2.26. The van der Waals surface area contributed by atoms with E-state index in [0.717, 1.165) is 51.6 Å². The Kier molecular flexibility index (Phi) is 4.65. The van der Waals surface area contributed by atoms with Crippen LogP contribution in [0.4, 0.5) is 17.1 Å². The van der Waals surface area contributed by atoms with E-state index in [-0.39, 0.29) is 0 Å². The monoisotopic (exact) mass is 338 g/mol. The molecule has 0 spiro atoms. The summed E-state index contributed by atoms with van der Waals surface area (Å²) >= 11 is 0. The van der Waals surface area contributed by atoms with Gasteiger partial charge in [0.15, 0.2) is 0 Å². The van der Waals surface area contributed by atoms with Crippen molar-refractivity contribution in [3.8, 4) is 5.75 Å². The molecule has 2 aromatic rings. The third kappa shape index (κ3) is 3.66. The van der Waals surface area contributed by atoms with Crippen LogP contribution in [-0.4, -0.2) is 51.3 Å². The van der Waals surface area contributed by atoms with Crippen LogP contribution in [0, 0.1) is 0 Å². The van der Waals surface area contributed by atoms with Crippen LogP contribution < -0.4 is 20.3 Å². The molecular weight excluding hydrogens is 312 g/mol. The molecule has 0 aromatic heterocycles. The van der Waals surface area contributed by atoms with Crippen molar-refractivity contribution in [1.82, 2.24) is 4.90 Å². The van der Waals surface area contributed by atoms with Crippen molar-refractivity contribution in [2.75, 3.05) is 61.9 Å². The van der Waals surface area contributed by atoms with Gasteiger partial charge in [0.1, 0.15) is 5.75 Å². The summed E-state index contributed by atoms with van der Waals surface area (Å²) < 4.78 is 5.24. The average Bonchev–Trinajstić information content (AvgIpc) is 2.69. The molecule has 0 amide bonds. The van der Waals surface area contributed by atoms with Crippen LogP contribution in [0.15, 0.2) is 42.5 Å². The second kappa shape index (κ2) is 7.23. The topological polar surface area (TPSA) is 39.8 Å². The lowest BCUT2D eigenvalue weighted by molar-refractivity contribution is 0.250. The lowest BCUT2D eigenvalue weighted by atomic mass is 10.1. The number of fused-ring (bicyclic) bond motifs is 1. The Hall–Kier alpha value is -2.40. The maximum Gasteiger partial charge on any atom is 0.119 e. The summed E-state index contributed by atoms with van der Waals surface area (Å²) in [6.07, 6.45) is 0. The van der Waals surface area contributed by atoms with E-state index in [1.54, 1.807) is 7.11 Å². The van der Waals surface area contributed by atoms with Gasteiger partial charge in [0.05, 0.1) is 18.5 Å². The smallest absolute Gasteiger partial charge is 0.119 e. The Morgan fingerprint density at radius 2 is 1.60 bits per heavy atom. The number of hydrogen-bond donors (Lipinski definition) is 2. The number of benzene rings is 2. The molecule has 2 aliphatic heterocycles. The van der Waals surface area contributed by atoms with E-state index in [4.69, 9.17) is 4.74 Å². The molecular formula is C20H26N4O. The third-order valence-electron chi connectivity index (χ3n) is 5.06. The van der Waals surface area contributed by atoms with Gasteiger partial charge in [-0.25, -0.2) is 0 Å². The Morgan fingerprint density at radius 1 is 0.880 bits per heavy atom. The number of anilines is 3. The minimum atomic E-state index is 0.915. The zero-order valence-corrected chi connectivity index (χ0v) is 14.8. The first kappa shape index (κ1) is 16.1. The van der Waals surface area contributed by atoms with Gasteiger partial charge in [0, 0.05) is 51.5 Å². The Labute approximate surface area is 149 Å². The van der Waals surface area contributed by atoms with Crippen LogP contribution in [0.3, 0.4) is 0 Å². The standard InChI is InChI=1S/C20H26N4O/c1-25-18-5-3-17(4-6-18)24-12-10-23(11-13-24)15-16-2-7-19-20(14-16)22-9-8-21-19/h2-7,14,21-22H,8-13,15H2,1H3. The first-order valence-electron chi connectivity index (χ1n) is 9.04. The average molecular weight is 338 g/mol. The summed E-state index contributed by atoms with van der Waals surface area (Å²) in [5, 5.41) is 6.91. The predicted octanol–water partition coefficient (Wildman–Crippen LogP) is 2.85. The molecule has 5 heteroatoms. The van der Waals surface area contributed by atoms with Crippen LogP contribution in [0.5, 0.6) is 5.75 Å². The SMILES string of the molecule is COc1ccc(N2CCN(Cc3ccc4c(c3)NCCN4)CC2)cc1. The van der Waals surface area contributed by atoms with Crippen molar-refractivity contribution in [3.63, 3.8) is 0 Å². The van der Waals surface area contributed by atoms with Crippen LogP contribution in [0.2, 0.25) is 0 Å². The molecule has 25 heavy (non-hydrogen) atoms. The van der Waals surface area contributed by atoms with Gasteiger partial charge in [0.25, 0.3) is 0 Å². The van der Waals surface area contributed by atoms with Crippen molar-refractivity contribution >= 4 is 17.1 Å². The molecule has 0 aliphatic carbocycles. The second-order valence-corrected chi connectivity index (χ2v) is 6.69. The molecule has 0 radical (unpaired) electrons. The highest BCUT2D eigenvalue weighted by atomic mass is 16.5. The number of nitrogens with zero attached hydrogens (tertiary/aromatic N) is 2. The second-order valence-electron chi connectivity index (χ2n) is 6.69. The number of hydrogen-bond acceptors (Lipinski definition) is 5. The maximum atomic E-state index is 5.24. The van der Waals surface area contributed by atoms with Crippen molar-refractivity contribution in [2.45, 2.75) is 6.54 Å². The molecule has 2 aromatic carbocycles. The van der Waals surface area contributed by atoms with Gasteiger partial charge >= 0.3 is 0 Å². The van der Waals surface area contributed by atoms with Gasteiger partial charge in [-0.15, -0.1) is 0 Å². The van der Waals surface area contributed by atoms with E-state index in [1.165, 1.54) is 22.6 Å². The summed E-state index contributed by atoms with van der Waals surface area (Å²) in [5.74, 6) is 0.915. The summed E-state index contributed by atoms with van der Waals surface area (Å²) in [6.45, 7) is 7.33. The highest BCUT2D eigenvalue weighted by Gasteiger charge is 2.18. The zero-order valence-electron chi connectivity index (χ0n) is 14.8.